The van der Waals surface area contributed by atoms with Crippen LogP contribution in [0.25, 0.3) is 0 Å². The number of hydrogen-bond donors (Lipinski definition) is 0. The van der Waals surface area contributed by atoms with Crippen LogP contribution in [0, 0.1) is 6.92 Å². The first-order chi connectivity index (χ1) is 14.0. The van der Waals surface area contributed by atoms with E-state index in [-0.39, 0.29) is 25.0 Å². The molecule has 29 heavy (non-hydrogen) atoms. The average molecular weight is 396 g/mol. The van der Waals surface area contributed by atoms with Gasteiger partial charge < -0.3 is 14.5 Å². The topological polar surface area (TPSA) is 53.1 Å². The molecule has 0 atom stereocenters. The molecule has 0 spiro atoms. The van der Waals surface area contributed by atoms with E-state index in [1.165, 1.54) is 16.0 Å². The summed E-state index contributed by atoms with van der Waals surface area (Å²) in [5.41, 5.74) is 2.56. The van der Waals surface area contributed by atoms with Crippen LogP contribution >= 0.6 is 0 Å². The SMILES string of the molecule is Cc1cccc(CN2CCN(C(=O)CN(C)C(=O)COc3ccccc3)CC2)c1. The third-order valence-corrected chi connectivity index (χ3v) is 5.12. The number of nitrogens with zero attached hydrogens (tertiary/aromatic N) is 3. The summed E-state index contributed by atoms with van der Waals surface area (Å²) in [7, 11) is 1.64. The molecule has 3 rings (SSSR count). The van der Waals surface area contributed by atoms with E-state index >= 15 is 0 Å². The van der Waals surface area contributed by atoms with E-state index in [0.29, 0.717) is 18.8 Å². The summed E-state index contributed by atoms with van der Waals surface area (Å²) < 4.78 is 5.47. The maximum absolute atomic E-state index is 12.6. The molecule has 1 heterocycles. The van der Waals surface area contributed by atoms with Gasteiger partial charge >= 0.3 is 0 Å². The molecule has 0 N–H and O–H groups in total. The van der Waals surface area contributed by atoms with Gasteiger partial charge in [-0.2, -0.15) is 0 Å². The lowest BCUT2D eigenvalue weighted by molar-refractivity contribution is -0.141. The fraction of sp³-hybridized carbons (Fsp3) is 0.391. The standard InChI is InChI=1S/C23H29N3O3/c1-19-7-6-8-20(15-19)16-25-11-13-26(14-12-25)22(27)17-24(2)23(28)18-29-21-9-4-3-5-10-21/h3-10,15H,11-14,16-18H2,1-2H3. The van der Waals surface area contributed by atoms with Gasteiger partial charge in [-0.05, 0) is 24.6 Å². The minimum absolute atomic E-state index is 0.0178. The molecular formula is C23H29N3O3. The zero-order valence-electron chi connectivity index (χ0n) is 17.2. The number of aryl methyl sites for hydroxylation is 1. The van der Waals surface area contributed by atoms with Gasteiger partial charge in [-0.1, -0.05) is 48.0 Å². The predicted octanol–water partition coefficient (Wildman–Crippen LogP) is 2.18. The third kappa shape index (κ3) is 6.32. The molecule has 1 aliphatic heterocycles. The molecule has 2 aromatic rings. The predicted molar refractivity (Wildman–Crippen MR) is 113 cm³/mol. The molecule has 0 aromatic heterocycles. The molecule has 2 amide bonds. The van der Waals surface area contributed by atoms with E-state index in [4.69, 9.17) is 4.74 Å². The smallest absolute Gasteiger partial charge is 0.260 e. The van der Waals surface area contributed by atoms with Gasteiger partial charge in [-0.15, -0.1) is 0 Å². The molecule has 2 aromatic carbocycles. The Morgan fingerprint density at radius 2 is 1.72 bits per heavy atom. The summed E-state index contributed by atoms with van der Waals surface area (Å²) in [5, 5.41) is 0. The lowest BCUT2D eigenvalue weighted by atomic mass is 10.1. The summed E-state index contributed by atoms with van der Waals surface area (Å²) in [6, 6.07) is 17.7. The van der Waals surface area contributed by atoms with Crippen LogP contribution < -0.4 is 4.74 Å². The summed E-state index contributed by atoms with van der Waals surface area (Å²) >= 11 is 0. The number of amides is 2. The van der Waals surface area contributed by atoms with Gasteiger partial charge in [0.15, 0.2) is 6.61 Å². The first-order valence-electron chi connectivity index (χ1n) is 9.99. The summed E-state index contributed by atoms with van der Waals surface area (Å²) in [6.45, 7) is 6.07. The second kappa shape index (κ2) is 10.1. The van der Waals surface area contributed by atoms with Gasteiger partial charge in [0.2, 0.25) is 5.91 Å². The van der Waals surface area contributed by atoms with Crippen molar-refractivity contribution in [1.29, 1.82) is 0 Å². The first-order valence-corrected chi connectivity index (χ1v) is 9.99. The minimum Gasteiger partial charge on any atom is -0.484 e. The van der Waals surface area contributed by atoms with Gasteiger partial charge in [0.25, 0.3) is 5.91 Å². The van der Waals surface area contributed by atoms with Gasteiger partial charge in [0, 0.05) is 39.8 Å². The second-order valence-electron chi connectivity index (χ2n) is 7.50. The molecule has 0 unspecified atom stereocenters. The fourth-order valence-corrected chi connectivity index (χ4v) is 3.39. The van der Waals surface area contributed by atoms with Crippen LogP contribution in [-0.4, -0.2) is 72.9 Å². The molecule has 1 fully saturated rings. The Kier molecular flexibility index (Phi) is 7.25. The lowest BCUT2D eigenvalue weighted by Crippen LogP contribution is -2.51. The van der Waals surface area contributed by atoms with Gasteiger partial charge in [-0.3, -0.25) is 14.5 Å². The van der Waals surface area contributed by atoms with E-state index in [0.717, 1.165) is 19.6 Å². The second-order valence-corrected chi connectivity index (χ2v) is 7.50. The Hall–Kier alpha value is -2.86. The fourth-order valence-electron chi connectivity index (χ4n) is 3.39. The van der Waals surface area contributed by atoms with Crippen LogP contribution in [0.1, 0.15) is 11.1 Å². The zero-order valence-corrected chi connectivity index (χ0v) is 17.2. The molecule has 154 valence electrons. The maximum Gasteiger partial charge on any atom is 0.260 e. The number of likely N-dealkylation sites (N-methyl/N-ethyl adjacent to an activating group) is 1. The van der Waals surface area contributed by atoms with Gasteiger partial charge in [-0.25, -0.2) is 0 Å². The Morgan fingerprint density at radius 3 is 2.41 bits per heavy atom. The van der Waals surface area contributed by atoms with Crippen molar-refractivity contribution in [3.8, 4) is 5.75 Å². The number of hydrogen-bond acceptors (Lipinski definition) is 4. The average Bonchev–Trinajstić information content (AvgIpc) is 2.73. The number of para-hydroxylation sites is 1. The quantitative estimate of drug-likeness (QED) is 0.721. The highest BCUT2D eigenvalue weighted by atomic mass is 16.5. The van der Waals surface area contributed by atoms with Crippen molar-refractivity contribution in [1.82, 2.24) is 14.7 Å². The van der Waals surface area contributed by atoms with E-state index in [1.807, 2.05) is 23.1 Å². The van der Waals surface area contributed by atoms with Crippen LogP contribution in [0.15, 0.2) is 54.6 Å². The number of rotatable bonds is 7. The molecule has 0 bridgehead atoms. The summed E-state index contributed by atoms with van der Waals surface area (Å²) in [4.78, 5) is 30.4. The highest BCUT2D eigenvalue weighted by Crippen LogP contribution is 2.11. The monoisotopic (exact) mass is 395 g/mol. The van der Waals surface area contributed by atoms with Gasteiger partial charge in [0.1, 0.15) is 5.75 Å². The van der Waals surface area contributed by atoms with Crippen LogP contribution in [0.2, 0.25) is 0 Å². The molecule has 0 saturated carbocycles. The first kappa shape index (κ1) is 20.9. The van der Waals surface area contributed by atoms with Crippen LogP contribution in [0.4, 0.5) is 0 Å². The van der Waals surface area contributed by atoms with Crippen molar-refractivity contribution in [2.24, 2.45) is 0 Å². The highest BCUT2D eigenvalue weighted by Gasteiger charge is 2.23. The van der Waals surface area contributed by atoms with Crippen molar-refractivity contribution < 1.29 is 14.3 Å². The molecule has 1 saturated heterocycles. The maximum atomic E-state index is 12.6. The Morgan fingerprint density at radius 1 is 1.00 bits per heavy atom. The van der Waals surface area contributed by atoms with Crippen LogP contribution in [0.5, 0.6) is 5.75 Å². The lowest BCUT2D eigenvalue weighted by Gasteiger charge is -2.35. The summed E-state index contributed by atoms with van der Waals surface area (Å²) in [6.07, 6.45) is 0. The largest absolute Gasteiger partial charge is 0.484 e. The van der Waals surface area contributed by atoms with E-state index < -0.39 is 0 Å². The molecule has 0 aliphatic carbocycles. The van der Waals surface area contributed by atoms with Crippen molar-refractivity contribution in [3.63, 3.8) is 0 Å². The number of carbonyl (C=O) groups is 2. The van der Waals surface area contributed by atoms with Crippen molar-refractivity contribution >= 4 is 11.8 Å². The normalized spacial score (nSPS) is 14.5. The minimum atomic E-state index is -0.208. The number of piperazine rings is 1. The van der Waals surface area contributed by atoms with Crippen molar-refractivity contribution in [2.75, 3.05) is 46.4 Å². The van der Waals surface area contributed by atoms with Crippen molar-refractivity contribution in [2.45, 2.75) is 13.5 Å². The highest BCUT2D eigenvalue weighted by molar-refractivity contribution is 5.85. The third-order valence-electron chi connectivity index (χ3n) is 5.12. The number of ether oxygens (including phenoxy) is 1. The van der Waals surface area contributed by atoms with Crippen LogP contribution in [-0.2, 0) is 16.1 Å². The molecule has 0 radical (unpaired) electrons. The Bertz CT molecular complexity index is 817. The number of benzene rings is 2. The van der Waals surface area contributed by atoms with Gasteiger partial charge in [0.05, 0.1) is 6.54 Å². The Balaban J connectivity index is 1.40. The van der Waals surface area contributed by atoms with Crippen molar-refractivity contribution in [3.05, 3.63) is 65.7 Å². The summed E-state index contributed by atoms with van der Waals surface area (Å²) in [5.74, 6) is 0.418. The van der Waals surface area contributed by atoms with E-state index in [1.54, 1.807) is 19.2 Å². The zero-order chi connectivity index (χ0) is 20.6. The molecule has 1 aliphatic rings. The number of carbonyl (C=O) groups excluding carboxylic acids is 2. The molecule has 6 nitrogen and oxygen atoms in total. The molecule has 6 heteroatoms. The van der Waals surface area contributed by atoms with Crippen LogP contribution in [0.3, 0.4) is 0 Å². The molecular weight excluding hydrogens is 366 g/mol. The Labute approximate surface area is 172 Å². The van der Waals surface area contributed by atoms with E-state index in [2.05, 4.69) is 36.1 Å². The van der Waals surface area contributed by atoms with E-state index in [9.17, 15) is 9.59 Å².